The van der Waals surface area contributed by atoms with Gasteiger partial charge in [0.25, 0.3) is 0 Å². The van der Waals surface area contributed by atoms with Gasteiger partial charge in [0.15, 0.2) is 0 Å². The van der Waals surface area contributed by atoms with Crippen LogP contribution in [0.2, 0.25) is 0 Å². The Morgan fingerprint density at radius 3 is 2.73 bits per heavy atom. The van der Waals surface area contributed by atoms with Gasteiger partial charge in [-0.05, 0) is 25.1 Å². The zero-order chi connectivity index (χ0) is 11.3. The minimum Gasteiger partial charge on any atom is -0.364 e. The molecule has 0 saturated heterocycles. The fourth-order valence-corrected chi connectivity index (χ4v) is 1.56. The molecule has 0 aliphatic carbocycles. The van der Waals surface area contributed by atoms with Gasteiger partial charge in [-0.15, -0.1) is 0 Å². The monoisotopic (exact) mass is 205 g/mol. The molecule has 3 nitrogen and oxygen atoms in total. The molecule has 3 heteroatoms. The minimum absolute atomic E-state index is 0.116. The molecule has 0 bridgehead atoms. The number of hydrogen-bond acceptors (Lipinski definition) is 2. The molecule has 0 spiro atoms. The van der Waals surface area contributed by atoms with E-state index >= 15 is 0 Å². The lowest BCUT2D eigenvalue weighted by Crippen LogP contribution is -2.27. The number of nitriles is 1. The Hall–Kier alpha value is -1.27. The van der Waals surface area contributed by atoms with Gasteiger partial charge >= 0.3 is 0 Å². The third kappa shape index (κ3) is 3.77. The summed E-state index contributed by atoms with van der Waals surface area (Å²) in [5.41, 5.74) is 1.19. The Bertz CT molecular complexity index is 308. The zero-order valence-corrected chi connectivity index (χ0v) is 9.70. The molecule has 0 aliphatic rings. The number of hydrogen-bond donors (Lipinski definition) is 1. The van der Waals surface area contributed by atoms with E-state index in [9.17, 15) is 0 Å². The third-order valence-corrected chi connectivity index (χ3v) is 2.58. The van der Waals surface area contributed by atoms with Crippen LogP contribution >= 0.6 is 0 Å². The van der Waals surface area contributed by atoms with E-state index in [2.05, 4.69) is 35.9 Å². The Labute approximate surface area is 91.7 Å². The van der Waals surface area contributed by atoms with Crippen molar-refractivity contribution in [1.82, 2.24) is 9.88 Å². The van der Waals surface area contributed by atoms with Crippen molar-refractivity contribution in [2.45, 2.75) is 20.4 Å². The standard InChI is InChI=1S/C12H19N3/c1-10(2)11(7-13)8-15(3)9-12-5-4-6-14-12/h4-6,10-11,14H,8-9H2,1-3H3. The Morgan fingerprint density at radius 2 is 2.27 bits per heavy atom. The summed E-state index contributed by atoms with van der Waals surface area (Å²) in [6, 6.07) is 6.42. The van der Waals surface area contributed by atoms with E-state index in [1.54, 1.807) is 0 Å². The lowest BCUT2D eigenvalue weighted by atomic mass is 9.97. The normalized spacial score (nSPS) is 13.1. The van der Waals surface area contributed by atoms with Gasteiger partial charge in [-0.1, -0.05) is 13.8 Å². The molecule has 0 radical (unpaired) electrons. The molecule has 0 aliphatic heterocycles. The lowest BCUT2D eigenvalue weighted by Gasteiger charge is -2.21. The van der Waals surface area contributed by atoms with Gasteiger partial charge in [-0.25, -0.2) is 0 Å². The smallest absolute Gasteiger partial charge is 0.0672 e. The summed E-state index contributed by atoms with van der Waals surface area (Å²) < 4.78 is 0. The highest BCUT2D eigenvalue weighted by atomic mass is 15.1. The van der Waals surface area contributed by atoms with Crippen LogP contribution in [-0.2, 0) is 6.54 Å². The maximum Gasteiger partial charge on any atom is 0.0672 e. The summed E-state index contributed by atoms with van der Waals surface area (Å²) in [6.07, 6.45) is 1.92. The maximum absolute atomic E-state index is 8.99. The first-order valence-corrected chi connectivity index (χ1v) is 5.34. The number of aromatic nitrogens is 1. The van der Waals surface area contributed by atoms with Crippen LogP contribution in [0.3, 0.4) is 0 Å². The van der Waals surface area contributed by atoms with Crippen molar-refractivity contribution >= 4 is 0 Å². The molecule has 0 aromatic carbocycles. The SMILES string of the molecule is CC(C)C(C#N)CN(C)Cc1ccc[nH]1. The van der Waals surface area contributed by atoms with Crippen LogP contribution in [0.4, 0.5) is 0 Å². The Balaban J connectivity index is 2.42. The molecule has 1 N–H and O–H groups in total. The largest absolute Gasteiger partial charge is 0.364 e. The Morgan fingerprint density at radius 1 is 1.53 bits per heavy atom. The Kier molecular flexibility index (Phi) is 4.38. The second-order valence-corrected chi connectivity index (χ2v) is 4.37. The average molecular weight is 205 g/mol. The number of nitrogens with one attached hydrogen (secondary N) is 1. The number of rotatable bonds is 5. The van der Waals surface area contributed by atoms with Gasteiger partial charge in [0.2, 0.25) is 0 Å². The zero-order valence-electron chi connectivity index (χ0n) is 9.70. The van der Waals surface area contributed by atoms with Gasteiger partial charge in [-0.3, -0.25) is 4.90 Å². The van der Waals surface area contributed by atoms with Gasteiger partial charge in [0, 0.05) is 25.0 Å². The van der Waals surface area contributed by atoms with Crippen molar-refractivity contribution in [3.8, 4) is 6.07 Å². The molecule has 1 heterocycles. The van der Waals surface area contributed by atoms with Crippen molar-refractivity contribution in [2.75, 3.05) is 13.6 Å². The van der Waals surface area contributed by atoms with Crippen LogP contribution in [0.5, 0.6) is 0 Å². The van der Waals surface area contributed by atoms with Crippen LogP contribution in [0.15, 0.2) is 18.3 Å². The predicted molar refractivity (Wildman–Crippen MR) is 61.1 cm³/mol. The molecular formula is C12H19N3. The molecule has 0 fully saturated rings. The first-order chi connectivity index (χ1) is 7.13. The van der Waals surface area contributed by atoms with Crippen molar-refractivity contribution in [1.29, 1.82) is 5.26 Å². The molecule has 0 saturated carbocycles. The first kappa shape index (κ1) is 11.8. The molecule has 1 aromatic heterocycles. The third-order valence-electron chi connectivity index (χ3n) is 2.58. The molecule has 1 aromatic rings. The molecular weight excluding hydrogens is 186 g/mol. The van der Waals surface area contributed by atoms with E-state index in [0.717, 1.165) is 13.1 Å². The second kappa shape index (κ2) is 5.57. The fourth-order valence-electron chi connectivity index (χ4n) is 1.56. The summed E-state index contributed by atoms with van der Waals surface area (Å²) in [5.74, 6) is 0.533. The topological polar surface area (TPSA) is 42.8 Å². The molecule has 1 rings (SSSR count). The van der Waals surface area contributed by atoms with Crippen molar-refractivity contribution < 1.29 is 0 Å². The van der Waals surface area contributed by atoms with E-state index in [1.165, 1.54) is 5.69 Å². The predicted octanol–water partition coefficient (Wildman–Crippen LogP) is 2.24. The number of nitrogens with zero attached hydrogens (tertiary/aromatic N) is 2. The van der Waals surface area contributed by atoms with Crippen molar-refractivity contribution in [3.63, 3.8) is 0 Å². The number of H-pyrrole nitrogens is 1. The average Bonchev–Trinajstić information content (AvgIpc) is 2.66. The van der Waals surface area contributed by atoms with Crippen molar-refractivity contribution in [2.24, 2.45) is 11.8 Å². The van der Waals surface area contributed by atoms with E-state index in [0.29, 0.717) is 5.92 Å². The minimum atomic E-state index is 0.116. The second-order valence-electron chi connectivity index (χ2n) is 4.37. The first-order valence-electron chi connectivity index (χ1n) is 5.34. The molecule has 1 unspecified atom stereocenters. The highest BCUT2D eigenvalue weighted by Crippen LogP contribution is 2.12. The summed E-state index contributed by atoms with van der Waals surface area (Å²) in [7, 11) is 2.05. The van der Waals surface area contributed by atoms with E-state index in [4.69, 9.17) is 5.26 Å². The van der Waals surface area contributed by atoms with Gasteiger partial charge < -0.3 is 4.98 Å². The number of aromatic amines is 1. The van der Waals surface area contributed by atoms with Crippen LogP contribution in [0, 0.1) is 23.2 Å². The molecule has 15 heavy (non-hydrogen) atoms. The quantitative estimate of drug-likeness (QED) is 0.801. The highest BCUT2D eigenvalue weighted by Gasteiger charge is 2.14. The van der Waals surface area contributed by atoms with E-state index in [-0.39, 0.29) is 5.92 Å². The van der Waals surface area contributed by atoms with Crippen LogP contribution in [0.25, 0.3) is 0 Å². The van der Waals surface area contributed by atoms with Gasteiger partial charge in [0.05, 0.1) is 12.0 Å². The molecule has 0 amide bonds. The van der Waals surface area contributed by atoms with Crippen molar-refractivity contribution in [3.05, 3.63) is 24.0 Å². The molecule has 82 valence electrons. The summed E-state index contributed by atoms with van der Waals surface area (Å²) in [6.45, 7) is 5.89. The van der Waals surface area contributed by atoms with Crippen LogP contribution < -0.4 is 0 Å². The summed E-state index contributed by atoms with van der Waals surface area (Å²) >= 11 is 0. The summed E-state index contributed by atoms with van der Waals surface area (Å²) in [5, 5.41) is 8.99. The van der Waals surface area contributed by atoms with E-state index in [1.807, 2.05) is 19.3 Å². The maximum atomic E-state index is 8.99. The van der Waals surface area contributed by atoms with Crippen LogP contribution in [-0.4, -0.2) is 23.5 Å². The van der Waals surface area contributed by atoms with E-state index < -0.39 is 0 Å². The summed E-state index contributed by atoms with van der Waals surface area (Å²) in [4.78, 5) is 5.34. The molecule has 1 atom stereocenters. The van der Waals surface area contributed by atoms with Gasteiger partial charge in [-0.2, -0.15) is 5.26 Å². The highest BCUT2D eigenvalue weighted by molar-refractivity contribution is 5.03. The van der Waals surface area contributed by atoms with Crippen LogP contribution in [0.1, 0.15) is 19.5 Å². The fraction of sp³-hybridized carbons (Fsp3) is 0.583. The van der Waals surface area contributed by atoms with Gasteiger partial charge in [0.1, 0.15) is 0 Å². The lowest BCUT2D eigenvalue weighted by molar-refractivity contribution is 0.263.